The summed E-state index contributed by atoms with van der Waals surface area (Å²) in [6.07, 6.45) is 2.84. The van der Waals surface area contributed by atoms with Crippen LogP contribution >= 0.6 is 0 Å². The largest absolute Gasteiger partial charge is 0.473 e. The molecular weight excluding hydrogens is 438 g/mol. The number of rotatable bonds is 10. The van der Waals surface area contributed by atoms with Crippen molar-refractivity contribution in [3.63, 3.8) is 0 Å². The van der Waals surface area contributed by atoms with Crippen molar-refractivity contribution < 1.29 is 38.7 Å². The Labute approximate surface area is 198 Å². The van der Waals surface area contributed by atoms with Crippen molar-refractivity contribution in [1.29, 1.82) is 0 Å². The Morgan fingerprint density at radius 2 is 1.59 bits per heavy atom. The minimum Gasteiger partial charge on any atom is -0.473 e. The van der Waals surface area contributed by atoms with Gasteiger partial charge < -0.3 is 24.3 Å². The highest BCUT2D eigenvalue weighted by atomic mass is 16.5. The van der Waals surface area contributed by atoms with Crippen LogP contribution in [0.2, 0.25) is 0 Å². The maximum atomic E-state index is 12.8. The zero-order chi connectivity index (χ0) is 24.9. The fraction of sp³-hybridized carbons (Fsp3) is 0.346. The van der Waals surface area contributed by atoms with Crippen molar-refractivity contribution in [3.05, 3.63) is 72.2 Å². The van der Waals surface area contributed by atoms with Crippen LogP contribution in [0.5, 0.6) is 0 Å². The molecule has 182 valence electrons. The number of carbonyl (C=O) groups is 3. The zero-order valence-electron chi connectivity index (χ0n) is 19.5. The van der Waals surface area contributed by atoms with E-state index in [1.807, 2.05) is 24.3 Å². The molecule has 0 fully saturated rings. The molecule has 0 bridgehead atoms. The van der Waals surface area contributed by atoms with Crippen LogP contribution in [0.1, 0.15) is 25.2 Å². The summed E-state index contributed by atoms with van der Waals surface area (Å²) in [5.74, 6) is -3.22. The van der Waals surface area contributed by atoms with Crippen molar-refractivity contribution >= 4 is 28.7 Å². The predicted octanol–water partition coefficient (Wildman–Crippen LogP) is 2.46. The summed E-state index contributed by atoms with van der Waals surface area (Å²) < 4.78 is 11.1. The lowest BCUT2D eigenvalue weighted by molar-refractivity contribution is -0.896. The Kier molecular flexibility index (Phi) is 10.8. The van der Waals surface area contributed by atoms with E-state index in [1.165, 1.54) is 15.7 Å². The number of hydrogen-bond acceptors (Lipinski definition) is 5. The monoisotopic (exact) mass is 470 g/mol. The average Bonchev–Trinajstić information content (AvgIpc) is 3.35. The van der Waals surface area contributed by atoms with E-state index in [1.54, 1.807) is 6.26 Å². The molecule has 0 aliphatic heterocycles. The van der Waals surface area contributed by atoms with Gasteiger partial charge in [-0.05, 0) is 48.7 Å². The summed E-state index contributed by atoms with van der Waals surface area (Å²) in [6, 6.07) is 18.4. The summed E-state index contributed by atoms with van der Waals surface area (Å²) in [4.78, 5) is 32.5. The van der Waals surface area contributed by atoms with Crippen LogP contribution in [0.4, 0.5) is 0 Å². The maximum absolute atomic E-state index is 12.8. The van der Waals surface area contributed by atoms with Gasteiger partial charge in [-0.2, -0.15) is 0 Å². The zero-order valence-corrected chi connectivity index (χ0v) is 19.5. The highest BCUT2D eigenvalue weighted by Crippen LogP contribution is 2.21. The first-order valence-corrected chi connectivity index (χ1v) is 11.3. The number of quaternary nitrogens is 1. The molecule has 3 N–H and O–H groups in total. The number of aliphatic carboxylic acids is 2. The van der Waals surface area contributed by atoms with E-state index in [-0.39, 0.29) is 11.9 Å². The fourth-order valence-corrected chi connectivity index (χ4v) is 3.58. The van der Waals surface area contributed by atoms with E-state index in [0.717, 1.165) is 31.0 Å². The SMILES string of the molecule is CC[NH+](CC)CCOC(=O)C(Cc1ccc2ccccc2c1)Cc1ccco1.O=C(O)C(=O)O. The second kappa shape index (κ2) is 13.8. The summed E-state index contributed by atoms with van der Waals surface area (Å²) in [5, 5.41) is 17.2. The first-order valence-electron chi connectivity index (χ1n) is 11.3. The van der Waals surface area contributed by atoms with Gasteiger partial charge in [-0.25, -0.2) is 9.59 Å². The normalized spacial score (nSPS) is 11.5. The van der Waals surface area contributed by atoms with Crippen LogP contribution in [0, 0.1) is 5.92 Å². The second-order valence-electron chi connectivity index (χ2n) is 7.85. The number of nitrogens with one attached hydrogen (secondary N) is 1. The molecule has 34 heavy (non-hydrogen) atoms. The molecule has 0 spiro atoms. The van der Waals surface area contributed by atoms with E-state index in [2.05, 4.69) is 44.2 Å². The lowest BCUT2D eigenvalue weighted by atomic mass is 9.94. The van der Waals surface area contributed by atoms with E-state index in [9.17, 15) is 4.79 Å². The number of furan rings is 1. The molecule has 3 aromatic rings. The Balaban J connectivity index is 0.000000604. The van der Waals surface area contributed by atoms with Crippen LogP contribution in [0.25, 0.3) is 10.8 Å². The van der Waals surface area contributed by atoms with Crippen molar-refractivity contribution in [2.24, 2.45) is 5.92 Å². The standard InChI is InChI=1S/C24H29NO3.C2H2O4/c1-3-25(4-2)13-15-28-24(26)22(18-23-10-7-14-27-23)17-19-11-12-20-8-5-6-9-21(20)16-19;3-1(4)2(5)6/h5-12,14,16,22H,3-4,13,15,17-18H2,1-2H3;(H,3,4)(H,5,6)/p+1. The number of hydrogen-bond donors (Lipinski definition) is 3. The van der Waals surface area contributed by atoms with Crippen LogP contribution < -0.4 is 4.90 Å². The van der Waals surface area contributed by atoms with Gasteiger partial charge in [0.1, 0.15) is 18.9 Å². The van der Waals surface area contributed by atoms with Crippen molar-refractivity contribution in [3.8, 4) is 0 Å². The molecule has 1 aromatic heterocycles. The summed E-state index contributed by atoms with van der Waals surface area (Å²) in [7, 11) is 0. The fourth-order valence-electron chi connectivity index (χ4n) is 3.58. The molecule has 1 unspecified atom stereocenters. The Morgan fingerprint density at radius 3 is 2.18 bits per heavy atom. The second-order valence-corrected chi connectivity index (χ2v) is 7.85. The molecule has 2 aromatic carbocycles. The lowest BCUT2D eigenvalue weighted by Gasteiger charge is -2.18. The Morgan fingerprint density at radius 1 is 0.912 bits per heavy atom. The molecule has 8 nitrogen and oxygen atoms in total. The van der Waals surface area contributed by atoms with Crippen LogP contribution in [-0.2, 0) is 32.0 Å². The molecular formula is C26H32NO7+. The molecule has 0 aliphatic rings. The number of fused-ring (bicyclic) bond motifs is 1. The molecule has 0 aliphatic carbocycles. The van der Waals surface area contributed by atoms with Gasteiger partial charge in [-0.1, -0.05) is 42.5 Å². The summed E-state index contributed by atoms with van der Waals surface area (Å²) in [5.41, 5.74) is 1.14. The third-order valence-corrected chi connectivity index (χ3v) is 5.54. The minimum absolute atomic E-state index is 0.142. The van der Waals surface area contributed by atoms with Gasteiger partial charge in [-0.3, -0.25) is 4.79 Å². The van der Waals surface area contributed by atoms with Gasteiger partial charge in [0.2, 0.25) is 0 Å². The molecule has 1 heterocycles. The summed E-state index contributed by atoms with van der Waals surface area (Å²) in [6.45, 7) is 7.70. The number of carboxylic acids is 2. The maximum Gasteiger partial charge on any atom is 0.414 e. The Bertz CT molecular complexity index is 1050. The van der Waals surface area contributed by atoms with Crippen LogP contribution in [0.3, 0.4) is 0 Å². The molecule has 0 saturated heterocycles. The quantitative estimate of drug-likeness (QED) is 0.308. The minimum atomic E-state index is -1.82. The van der Waals surface area contributed by atoms with Crippen LogP contribution in [-0.4, -0.2) is 54.4 Å². The van der Waals surface area contributed by atoms with Gasteiger partial charge >= 0.3 is 17.9 Å². The van der Waals surface area contributed by atoms with E-state index < -0.39 is 11.9 Å². The van der Waals surface area contributed by atoms with Crippen molar-refractivity contribution in [2.45, 2.75) is 26.7 Å². The molecule has 0 amide bonds. The molecule has 3 rings (SSSR count). The first kappa shape index (κ1) is 26.6. The van der Waals surface area contributed by atoms with Gasteiger partial charge in [-0.15, -0.1) is 0 Å². The number of esters is 1. The molecule has 8 heteroatoms. The van der Waals surface area contributed by atoms with Crippen molar-refractivity contribution in [2.75, 3.05) is 26.2 Å². The van der Waals surface area contributed by atoms with Gasteiger partial charge in [0, 0.05) is 6.42 Å². The lowest BCUT2D eigenvalue weighted by Crippen LogP contribution is -3.11. The highest BCUT2D eigenvalue weighted by Gasteiger charge is 2.23. The topological polar surface area (TPSA) is 118 Å². The van der Waals surface area contributed by atoms with E-state index in [4.69, 9.17) is 29.0 Å². The first-order chi connectivity index (χ1) is 16.3. The summed E-state index contributed by atoms with van der Waals surface area (Å²) >= 11 is 0. The number of ether oxygens (including phenoxy) is 1. The third kappa shape index (κ3) is 8.71. The van der Waals surface area contributed by atoms with Crippen LogP contribution in [0.15, 0.2) is 65.3 Å². The smallest absolute Gasteiger partial charge is 0.414 e. The van der Waals surface area contributed by atoms with E-state index in [0.29, 0.717) is 19.4 Å². The number of likely N-dealkylation sites (N-methyl/N-ethyl adjacent to an activating group) is 1. The predicted molar refractivity (Wildman–Crippen MR) is 127 cm³/mol. The van der Waals surface area contributed by atoms with E-state index >= 15 is 0 Å². The van der Waals surface area contributed by atoms with Gasteiger partial charge in [0.25, 0.3) is 0 Å². The average molecular weight is 471 g/mol. The number of carboxylic acid groups (broad SMARTS) is 2. The van der Waals surface area contributed by atoms with Gasteiger partial charge in [0.05, 0.1) is 25.3 Å². The Hall–Kier alpha value is -3.65. The molecule has 0 saturated carbocycles. The number of benzene rings is 2. The molecule has 1 atom stereocenters. The third-order valence-electron chi connectivity index (χ3n) is 5.54. The highest BCUT2D eigenvalue weighted by molar-refractivity contribution is 6.27. The number of carbonyl (C=O) groups excluding carboxylic acids is 1. The van der Waals surface area contributed by atoms with Crippen molar-refractivity contribution in [1.82, 2.24) is 0 Å². The van der Waals surface area contributed by atoms with Gasteiger partial charge in [0.15, 0.2) is 0 Å². The molecule has 0 radical (unpaired) electrons.